The molecule has 3 heteroatoms. The average molecular weight is 364 g/mol. The highest BCUT2D eigenvalue weighted by molar-refractivity contribution is 5.53. The van der Waals surface area contributed by atoms with Gasteiger partial charge in [0, 0.05) is 43.2 Å². The highest BCUT2D eigenvalue weighted by atomic mass is 15.1. The number of hydrogen-bond donors (Lipinski definition) is 1. The molecular formula is C24H33N3. The summed E-state index contributed by atoms with van der Waals surface area (Å²) in [6.45, 7) is 6.98. The van der Waals surface area contributed by atoms with E-state index in [-0.39, 0.29) is 0 Å². The van der Waals surface area contributed by atoms with Gasteiger partial charge in [-0.05, 0) is 87.3 Å². The number of hydrogen-bond acceptors (Lipinski definition) is 3. The summed E-state index contributed by atoms with van der Waals surface area (Å²) in [7, 11) is 0. The molecule has 2 saturated heterocycles. The molecule has 2 aromatic carbocycles. The molecule has 2 fully saturated rings. The highest BCUT2D eigenvalue weighted by Gasteiger charge is 2.25. The van der Waals surface area contributed by atoms with Crippen LogP contribution in [0.1, 0.15) is 37.7 Å². The number of anilines is 3. The maximum absolute atomic E-state index is 5.81. The Balaban J connectivity index is 1.22. The fraction of sp³-hybridized carbons (Fsp3) is 0.500. The Morgan fingerprint density at radius 3 is 1.56 bits per heavy atom. The number of nitrogens with two attached hydrogens (primary N) is 1. The van der Waals surface area contributed by atoms with E-state index in [1.165, 1.54) is 75.2 Å². The van der Waals surface area contributed by atoms with Gasteiger partial charge in [-0.2, -0.15) is 0 Å². The van der Waals surface area contributed by atoms with Crippen LogP contribution in [0.25, 0.3) is 0 Å². The second kappa shape index (κ2) is 8.24. The van der Waals surface area contributed by atoms with Crippen LogP contribution in [0.15, 0.2) is 48.5 Å². The summed E-state index contributed by atoms with van der Waals surface area (Å²) in [5.74, 6) is 1.82. The molecule has 0 unspecified atom stereocenters. The predicted octanol–water partition coefficient (Wildman–Crippen LogP) is 5.10. The molecule has 2 heterocycles. The van der Waals surface area contributed by atoms with Gasteiger partial charge in [0.15, 0.2) is 0 Å². The zero-order valence-electron chi connectivity index (χ0n) is 16.6. The molecule has 0 spiro atoms. The summed E-state index contributed by atoms with van der Waals surface area (Å²) in [6.07, 6.45) is 6.81. The Hall–Kier alpha value is -2.16. The number of nitrogen functional groups attached to an aromatic ring is 1. The first-order valence-electron chi connectivity index (χ1n) is 10.6. The largest absolute Gasteiger partial charge is 0.399 e. The van der Waals surface area contributed by atoms with Crippen molar-refractivity contribution in [3.63, 3.8) is 0 Å². The summed E-state index contributed by atoms with van der Waals surface area (Å²) in [5, 5.41) is 0. The third-order valence-electron chi connectivity index (χ3n) is 6.55. The Kier molecular flexibility index (Phi) is 5.56. The van der Waals surface area contributed by atoms with Crippen LogP contribution in [0.3, 0.4) is 0 Å². The molecule has 2 aliphatic rings. The lowest BCUT2D eigenvalue weighted by Gasteiger charge is -2.38. The first-order chi connectivity index (χ1) is 13.2. The van der Waals surface area contributed by atoms with E-state index in [4.69, 9.17) is 5.73 Å². The van der Waals surface area contributed by atoms with Crippen molar-refractivity contribution in [3.05, 3.63) is 54.1 Å². The smallest absolute Gasteiger partial charge is 0.0367 e. The number of rotatable bonds is 4. The van der Waals surface area contributed by atoms with Crippen LogP contribution in [-0.2, 0) is 0 Å². The van der Waals surface area contributed by atoms with E-state index in [1.807, 2.05) is 12.1 Å². The lowest BCUT2D eigenvalue weighted by Crippen LogP contribution is -2.37. The van der Waals surface area contributed by atoms with Crippen molar-refractivity contribution in [1.82, 2.24) is 0 Å². The van der Waals surface area contributed by atoms with Crippen molar-refractivity contribution >= 4 is 17.1 Å². The van der Waals surface area contributed by atoms with Crippen LogP contribution in [0, 0.1) is 18.8 Å². The minimum atomic E-state index is 0.852. The van der Waals surface area contributed by atoms with E-state index >= 15 is 0 Å². The third kappa shape index (κ3) is 4.58. The van der Waals surface area contributed by atoms with Crippen LogP contribution in [0.5, 0.6) is 0 Å². The fourth-order valence-corrected chi connectivity index (χ4v) is 4.77. The normalized spacial score (nSPS) is 19.4. The van der Waals surface area contributed by atoms with E-state index in [2.05, 4.69) is 53.1 Å². The summed E-state index contributed by atoms with van der Waals surface area (Å²) in [4.78, 5) is 5.09. The minimum absolute atomic E-state index is 0.852. The Morgan fingerprint density at radius 2 is 1.11 bits per heavy atom. The molecule has 0 amide bonds. The monoisotopic (exact) mass is 363 g/mol. The van der Waals surface area contributed by atoms with Crippen LogP contribution < -0.4 is 15.5 Å². The topological polar surface area (TPSA) is 32.5 Å². The molecule has 0 atom stereocenters. The molecule has 4 rings (SSSR count). The van der Waals surface area contributed by atoms with Crippen molar-refractivity contribution in [2.24, 2.45) is 11.8 Å². The van der Waals surface area contributed by atoms with E-state index in [9.17, 15) is 0 Å². The van der Waals surface area contributed by atoms with E-state index in [0.717, 1.165) is 17.5 Å². The van der Waals surface area contributed by atoms with Gasteiger partial charge in [-0.3, -0.25) is 0 Å². The van der Waals surface area contributed by atoms with Gasteiger partial charge in [-0.15, -0.1) is 0 Å². The van der Waals surface area contributed by atoms with E-state index < -0.39 is 0 Å². The standard InChI is InChI=1S/C24H33N3/c1-19-2-6-23(7-3-19)26-14-10-20(11-15-26)18-21-12-16-27(17-13-21)24-8-4-22(25)5-9-24/h2-9,20-21H,10-18,25H2,1H3. The van der Waals surface area contributed by atoms with E-state index in [0.29, 0.717) is 0 Å². The van der Waals surface area contributed by atoms with Crippen molar-refractivity contribution in [1.29, 1.82) is 0 Å². The maximum atomic E-state index is 5.81. The fourth-order valence-electron chi connectivity index (χ4n) is 4.77. The minimum Gasteiger partial charge on any atom is -0.399 e. The van der Waals surface area contributed by atoms with Crippen LogP contribution >= 0.6 is 0 Å². The number of piperidine rings is 2. The molecule has 144 valence electrons. The van der Waals surface area contributed by atoms with Gasteiger partial charge in [0.05, 0.1) is 0 Å². The van der Waals surface area contributed by atoms with Crippen molar-refractivity contribution < 1.29 is 0 Å². The Morgan fingerprint density at radius 1 is 0.704 bits per heavy atom. The van der Waals surface area contributed by atoms with Gasteiger partial charge in [0.25, 0.3) is 0 Å². The van der Waals surface area contributed by atoms with Gasteiger partial charge in [-0.1, -0.05) is 17.7 Å². The SMILES string of the molecule is Cc1ccc(N2CCC(CC3CCN(c4ccc(N)cc4)CC3)CC2)cc1. The van der Waals surface area contributed by atoms with Crippen molar-refractivity contribution in [2.45, 2.75) is 39.0 Å². The molecule has 2 aromatic rings. The van der Waals surface area contributed by atoms with Crippen LogP contribution in [0.4, 0.5) is 17.1 Å². The number of aryl methyl sites for hydroxylation is 1. The molecule has 27 heavy (non-hydrogen) atoms. The van der Waals surface area contributed by atoms with Gasteiger partial charge in [-0.25, -0.2) is 0 Å². The van der Waals surface area contributed by atoms with Gasteiger partial charge in [0.2, 0.25) is 0 Å². The second-order valence-corrected chi connectivity index (χ2v) is 8.52. The van der Waals surface area contributed by atoms with Crippen LogP contribution in [-0.4, -0.2) is 26.2 Å². The summed E-state index contributed by atoms with van der Waals surface area (Å²) < 4.78 is 0. The lowest BCUT2D eigenvalue weighted by atomic mass is 9.82. The first kappa shape index (κ1) is 18.2. The molecule has 2 aliphatic heterocycles. The molecule has 0 aromatic heterocycles. The lowest BCUT2D eigenvalue weighted by molar-refractivity contribution is 0.279. The van der Waals surface area contributed by atoms with Gasteiger partial charge in [0.1, 0.15) is 0 Å². The predicted molar refractivity (Wildman–Crippen MR) is 117 cm³/mol. The summed E-state index contributed by atoms with van der Waals surface area (Å²) >= 11 is 0. The highest BCUT2D eigenvalue weighted by Crippen LogP contribution is 2.32. The van der Waals surface area contributed by atoms with Crippen molar-refractivity contribution in [3.8, 4) is 0 Å². The molecular weight excluding hydrogens is 330 g/mol. The molecule has 0 bridgehead atoms. The second-order valence-electron chi connectivity index (χ2n) is 8.52. The number of nitrogens with zero attached hydrogens (tertiary/aromatic N) is 2. The molecule has 0 saturated carbocycles. The van der Waals surface area contributed by atoms with Gasteiger partial charge >= 0.3 is 0 Å². The molecule has 2 N–H and O–H groups in total. The van der Waals surface area contributed by atoms with Crippen molar-refractivity contribution in [2.75, 3.05) is 41.7 Å². The molecule has 0 radical (unpaired) electrons. The molecule has 3 nitrogen and oxygen atoms in total. The Labute approximate surface area is 164 Å². The third-order valence-corrected chi connectivity index (χ3v) is 6.55. The Bertz CT molecular complexity index is 643. The van der Waals surface area contributed by atoms with Crippen LogP contribution in [0.2, 0.25) is 0 Å². The quantitative estimate of drug-likeness (QED) is 0.767. The maximum Gasteiger partial charge on any atom is 0.0367 e. The summed E-state index contributed by atoms with van der Waals surface area (Å²) in [5.41, 5.74) is 10.7. The number of benzene rings is 2. The zero-order chi connectivity index (χ0) is 18.6. The zero-order valence-corrected chi connectivity index (χ0v) is 16.6. The van der Waals surface area contributed by atoms with Gasteiger partial charge < -0.3 is 15.5 Å². The summed E-state index contributed by atoms with van der Waals surface area (Å²) in [6, 6.07) is 17.4. The van der Waals surface area contributed by atoms with E-state index in [1.54, 1.807) is 0 Å². The first-order valence-corrected chi connectivity index (χ1v) is 10.6. The molecule has 0 aliphatic carbocycles. The average Bonchev–Trinajstić information content (AvgIpc) is 2.71.